The van der Waals surface area contributed by atoms with E-state index in [4.69, 9.17) is 4.74 Å². The van der Waals surface area contributed by atoms with E-state index in [1.807, 2.05) is 13.8 Å². The molecule has 0 saturated carbocycles. The van der Waals surface area contributed by atoms with E-state index in [1.54, 1.807) is 23.6 Å². The van der Waals surface area contributed by atoms with Crippen molar-refractivity contribution in [2.75, 3.05) is 24.7 Å². The Balaban J connectivity index is 2.76. The molecule has 1 amide bonds. The smallest absolute Gasteiger partial charge is 0.329 e. The highest BCUT2D eigenvalue weighted by Crippen LogP contribution is 2.23. The highest BCUT2D eigenvalue weighted by Gasteiger charge is 2.36. The van der Waals surface area contributed by atoms with Crippen LogP contribution in [0.3, 0.4) is 0 Å². The second kappa shape index (κ2) is 7.38. The number of hydrogen-bond acceptors (Lipinski definition) is 4. The molecule has 104 valence electrons. The molecule has 0 N–H and O–H groups in total. The summed E-state index contributed by atoms with van der Waals surface area (Å²) in [5.74, 6) is 1.40. The number of amides is 1. The van der Waals surface area contributed by atoms with Crippen molar-refractivity contribution in [2.45, 2.75) is 31.6 Å². The quantitative estimate of drug-likeness (QED) is 0.580. The van der Waals surface area contributed by atoms with Gasteiger partial charge in [0.25, 0.3) is 0 Å². The lowest BCUT2D eigenvalue weighted by molar-refractivity contribution is -0.153. The average Bonchev–Trinajstić information content (AvgIpc) is 2.37. The van der Waals surface area contributed by atoms with Gasteiger partial charge in [-0.25, -0.2) is 4.79 Å². The van der Waals surface area contributed by atoms with Crippen molar-refractivity contribution in [1.82, 2.24) is 4.90 Å². The van der Waals surface area contributed by atoms with E-state index in [0.717, 1.165) is 5.75 Å². The van der Waals surface area contributed by atoms with Crippen LogP contribution in [0.2, 0.25) is 0 Å². The van der Waals surface area contributed by atoms with E-state index >= 15 is 0 Å². The molecular weight excluding hydrogens is 318 g/mol. The third-order valence-electron chi connectivity index (χ3n) is 2.79. The number of carbonyl (C=O) groups is 2. The summed E-state index contributed by atoms with van der Waals surface area (Å²) in [7, 11) is 0. The molecule has 1 saturated heterocycles. The third-order valence-corrected chi connectivity index (χ3v) is 5.26. The van der Waals surface area contributed by atoms with Gasteiger partial charge in [0.05, 0.1) is 11.4 Å². The lowest BCUT2D eigenvalue weighted by Crippen LogP contribution is -2.53. The average molecular weight is 338 g/mol. The molecule has 0 aromatic carbocycles. The standard InChI is InChI=1S/C12H20BrNO3S/c1-4-17-12(16)9-7-18-6-5-14(9)11(15)10(13)8(2)3/h8-10H,4-7H2,1-3H3. The first kappa shape index (κ1) is 15.8. The molecule has 6 heteroatoms. The van der Waals surface area contributed by atoms with Gasteiger partial charge in [-0.3, -0.25) is 4.79 Å². The Labute approximate surface area is 121 Å². The van der Waals surface area contributed by atoms with Crippen LogP contribution in [0.1, 0.15) is 20.8 Å². The Kier molecular flexibility index (Phi) is 6.49. The summed E-state index contributed by atoms with van der Waals surface area (Å²) in [6.07, 6.45) is 0. The zero-order chi connectivity index (χ0) is 13.7. The Morgan fingerprint density at radius 3 is 2.72 bits per heavy atom. The van der Waals surface area contributed by atoms with Crippen LogP contribution < -0.4 is 0 Å². The fraction of sp³-hybridized carbons (Fsp3) is 0.833. The molecule has 1 fully saturated rings. The molecule has 1 heterocycles. The van der Waals surface area contributed by atoms with Crippen LogP contribution >= 0.6 is 27.7 Å². The highest BCUT2D eigenvalue weighted by molar-refractivity contribution is 9.10. The number of carbonyl (C=O) groups excluding carboxylic acids is 2. The molecule has 2 unspecified atom stereocenters. The molecule has 0 aromatic rings. The van der Waals surface area contributed by atoms with Gasteiger partial charge in [-0.05, 0) is 12.8 Å². The van der Waals surface area contributed by atoms with Crippen molar-refractivity contribution < 1.29 is 14.3 Å². The first-order valence-corrected chi connectivity index (χ1v) is 8.25. The molecule has 18 heavy (non-hydrogen) atoms. The zero-order valence-corrected chi connectivity index (χ0v) is 13.4. The summed E-state index contributed by atoms with van der Waals surface area (Å²) in [6.45, 7) is 6.71. The fourth-order valence-corrected chi connectivity index (χ4v) is 3.04. The Bertz CT molecular complexity index is 312. The largest absolute Gasteiger partial charge is 0.464 e. The van der Waals surface area contributed by atoms with E-state index in [0.29, 0.717) is 18.9 Å². The predicted molar refractivity (Wildman–Crippen MR) is 77.0 cm³/mol. The number of halogens is 1. The molecule has 0 bridgehead atoms. The van der Waals surface area contributed by atoms with Gasteiger partial charge in [0, 0.05) is 18.1 Å². The van der Waals surface area contributed by atoms with Crippen LogP contribution in [0.25, 0.3) is 0 Å². The number of thioether (sulfide) groups is 1. The summed E-state index contributed by atoms with van der Waals surface area (Å²) in [5, 5.41) is 0. The molecule has 0 aromatic heterocycles. The first-order chi connectivity index (χ1) is 8.49. The minimum absolute atomic E-state index is 0.0108. The second-order valence-corrected chi connectivity index (χ2v) is 6.66. The lowest BCUT2D eigenvalue weighted by Gasteiger charge is -2.35. The number of ether oxygens (including phenoxy) is 1. The molecule has 1 aliphatic rings. The van der Waals surface area contributed by atoms with Gasteiger partial charge >= 0.3 is 5.97 Å². The maximum absolute atomic E-state index is 12.3. The van der Waals surface area contributed by atoms with Gasteiger partial charge in [0.15, 0.2) is 0 Å². The molecule has 0 spiro atoms. The number of alkyl halides is 1. The van der Waals surface area contributed by atoms with Gasteiger partial charge in [-0.15, -0.1) is 0 Å². The first-order valence-electron chi connectivity index (χ1n) is 6.18. The molecule has 1 aliphatic heterocycles. The molecule has 2 atom stereocenters. The highest BCUT2D eigenvalue weighted by atomic mass is 79.9. The molecule has 1 rings (SSSR count). The van der Waals surface area contributed by atoms with E-state index in [1.165, 1.54) is 0 Å². The van der Waals surface area contributed by atoms with Gasteiger partial charge in [-0.1, -0.05) is 29.8 Å². The maximum Gasteiger partial charge on any atom is 0.329 e. The van der Waals surface area contributed by atoms with Gasteiger partial charge in [0.1, 0.15) is 6.04 Å². The van der Waals surface area contributed by atoms with Crippen molar-refractivity contribution in [3.63, 3.8) is 0 Å². The van der Waals surface area contributed by atoms with Crippen LogP contribution in [-0.4, -0.2) is 52.3 Å². The number of esters is 1. The lowest BCUT2D eigenvalue weighted by atomic mass is 10.1. The van der Waals surface area contributed by atoms with Crippen molar-refractivity contribution in [1.29, 1.82) is 0 Å². The molecular formula is C12H20BrNO3S. The number of nitrogens with zero attached hydrogens (tertiary/aromatic N) is 1. The summed E-state index contributed by atoms with van der Waals surface area (Å²) < 4.78 is 5.04. The van der Waals surface area contributed by atoms with Crippen LogP contribution in [0, 0.1) is 5.92 Å². The van der Waals surface area contributed by atoms with Gasteiger partial charge in [0.2, 0.25) is 5.91 Å². The fourth-order valence-electron chi connectivity index (χ4n) is 1.74. The van der Waals surface area contributed by atoms with Crippen molar-refractivity contribution in [3.8, 4) is 0 Å². The Hall–Kier alpha value is -0.230. The maximum atomic E-state index is 12.3. The van der Waals surface area contributed by atoms with Crippen molar-refractivity contribution >= 4 is 39.6 Å². The topological polar surface area (TPSA) is 46.6 Å². The van der Waals surface area contributed by atoms with E-state index in [2.05, 4.69) is 15.9 Å². The second-order valence-electron chi connectivity index (χ2n) is 4.52. The molecule has 4 nitrogen and oxygen atoms in total. The predicted octanol–water partition coefficient (Wildman–Crippen LogP) is 1.91. The van der Waals surface area contributed by atoms with Crippen LogP contribution in [0.4, 0.5) is 0 Å². The Morgan fingerprint density at radius 2 is 2.17 bits per heavy atom. The summed E-state index contributed by atoms with van der Waals surface area (Å²) in [5.41, 5.74) is 0. The SMILES string of the molecule is CCOC(=O)C1CSCCN1C(=O)C(Br)C(C)C. The van der Waals surface area contributed by atoms with Gasteiger partial charge in [-0.2, -0.15) is 11.8 Å². The van der Waals surface area contributed by atoms with Crippen molar-refractivity contribution in [3.05, 3.63) is 0 Å². The number of hydrogen-bond donors (Lipinski definition) is 0. The monoisotopic (exact) mass is 337 g/mol. The van der Waals surface area contributed by atoms with Gasteiger partial charge < -0.3 is 9.64 Å². The Morgan fingerprint density at radius 1 is 1.50 bits per heavy atom. The minimum atomic E-state index is -0.435. The normalized spacial score (nSPS) is 21.8. The molecule has 0 radical (unpaired) electrons. The zero-order valence-electron chi connectivity index (χ0n) is 11.0. The summed E-state index contributed by atoms with van der Waals surface area (Å²) >= 11 is 5.10. The van der Waals surface area contributed by atoms with Crippen LogP contribution in [-0.2, 0) is 14.3 Å². The number of rotatable bonds is 4. The summed E-state index contributed by atoms with van der Waals surface area (Å²) in [6, 6.07) is -0.435. The minimum Gasteiger partial charge on any atom is -0.464 e. The van der Waals surface area contributed by atoms with E-state index < -0.39 is 6.04 Å². The van der Waals surface area contributed by atoms with Crippen LogP contribution in [0.5, 0.6) is 0 Å². The third kappa shape index (κ3) is 3.88. The van der Waals surface area contributed by atoms with Crippen molar-refractivity contribution in [2.24, 2.45) is 5.92 Å². The molecule has 0 aliphatic carbocycles. The summed E-state index contributed by atoms with van der Waals surface area (Å²) in [4.78, 5) is 25.6. The van der Waals surface area contributed by atoms with E-state index in [-0.39, 0.29) is 22.6 Å². The van der Waals surface area contributed by atoms with Crippen LogP contribution in [0.15, 0.2) is 0 Å². The van der Waals surface area contributed by atoms with E-state index in [9.17, 15) is 9.59 Å².